The van der Waals surface area contributed by atoms with Crippen molar-refractivity contribution in [2.24, 2.45) is 5.92 Å². The molecule has 0 spiro atoms. The first-order chi connectivity index (χ1) is 6.59. The molecule has 0 aliphatic carbocycles. The van der Waals surface area contributed by atoms with E-state index in [1.165, 1.54) is 6.08 Å². The van der Waals surface area contributed by atoms with Crippen molar-refractivity contribution >= 4 is 11.9 Å². The van der Waals surface area contributed by atoms with Crippen LogP contribution in [0.15, 0.2) is 12.2 Å². The Labute approximate surface area is 83.2 Å². The molecule has 0 bridgehead atoms. The molecule has 0 unspecified atom stereocenters. The molecule has 0 radical (unpaired) electrons. The Balaban J connectivity index is 2.36. The van der Waals surface area contributed by atoms with Crippen molar-refractivity contribution in [3.63, 3.8) is 0 Å². The van der Waals surface area contributed by atoms with E-state index >= 15 is 0 Å². The third-order valence-corrected chi connectivity index (χ3v) is 2.50. The summed E-state index contributed by atoms with van der Waals surface area (Å²) in [7, 11) is 0. The number of nitrogens with zero attached hydrogens (tertiary/aromatic N) is 1. The van der Waals surface area contributed by atoms with E-state index in [1.54, 1.807) is 17.9 Å². The zero-order chi connectivity index (χ0) is 10.6. The average molecular weight is 197 g/mol. The number of amides is 1. The van der Waals surface area contributed by atoms with Crippen LogP contribution in [0.1, 0.15) is 19.8 Å². The Morgan fingerprint density at radius 3 is 2.36 bits per heavy atom. The van der Waals surface area contributed by atoms with Crippen LogP contribution in [0.3, 0.4) is 0 Å². The highest BCUT2D eigenvalue weighted by Crippen LogP contribution is 2.18. The van der Waals surface area contributed by atoms with Gasteiger partial charge in [-0.05, 0) is 18.8 Å². The molecular weight excluding hydrogens is 182 g/mol. The second kappa shape index (κ2) is 4.79. The van der Waals surface area contributed by atoms with E-state index in [4.69, 9.17) is 5.11 Å². The maximum Gasteiger partial charge on any atom is 0.327 e. The van der Waals surface area contributed by atoms with Crippen LogP contribution in [0, 0.1) is 5.92 Å². The van der Waals surface area contributed by atoms with Gasteiger partial charge in [0, 0.05) is 26.1 Å². The van der Waals surface area contributed by atoms with Crippen molar-refractivity contribution in [2.75, 3.05) is 13.1 Å². The minimum atomic E-state index is -0.904. The molecule has 1 N–H and O–H groups in total. The van der Waals surface area contributed by atoms with E-state index in [-0.39, 0.29) is 5.91 Å². The summed E-state index contributed by atoms with van der Waals surface area (Å²) in [5, 5.41) is 8.43. The summed E-state index contributed by atoms with van der Waals surface area (Å²) in [6, 6.07) is 0. The van der Waals surface area contributed by atoms with Gasteiger partial charge in [-0.25, -0.2) is 4.79 Å². The number of likely N-dealkylation sites (tertiary alicyclic amines) is 1. The van der Waals surface area contributed by atoms with Crippen LogP contribution in [0.4, 0.5) is 0 Å². The van der Waals surface area contributed by atoms with Gasteiger partial charge in [-0.15, -0.1) is 0 Å². The van der Waals surface area contributed by atoms with Crippen molar-refractivity contribution in [1.82, 2.24) is 4.90 Å². The lowest BCUT2D eigenvalue weighted by atomic mass is 9.96. The summed E-state index contributed by atoms with van der Waals surface area (Å²) >= 11 is 0. The Bertz CT molecular complexity index is 252. The molecule has 1 amide bonds. The first-order valence-electron chi connectivity index (χ1n) is 4.76. The van der Waals surface area contributed by atoms with Crippen LogP contribution in [-0.2, 0) is 9.59 Å². The van der Waals surface area contributed by atoms with Gasteiger partial charge in [0.05, 0.1) is 0 Å². The zero-order valence-electron chi connectivity index (χ0n) is 8.27. The van der Waals surface area contributed by atoms with Crippen molar-refractivity contribution in [2.45, 2.75) is 19.8 Å². The summed E-state index contributed by atoms with van der Waals surface area (Å²) in [6.07, 6.45) is 4.64. The van der Waals surface area contributed by atoms with Gasteiger partial charge in [0.25, 0.3) is 0 Å². The number of carbonyl (C=O) groups excluding carboxylic acids is 1. The van der Waals surface area contributed by atoms with E-state index in [0.29, 0.717) is 5.92 Å². The number of rotatable bonds is 2. The molecule has 0 aromatic heterocycles. The fourth-order valence-corrected chi connectivity index (χ4v) is 1.63. The highest BCUT2D eigenvalue weighted by atomic mass is 16.4. The molecule has 4 nitrogen and oxygen atoms in total. The van der Waals surface area contributed by atoms with Gasteiger partial charge in [-0.1, -0.05) is 6.08 Å². The quantitative estimate of drug-likeness (QED) is 0.669. The first kappa shape index (κ1) is 10.8. The fourth-order valence-electron chi connectivity index (χ4n) is 1.63. The molecule has 1 heterocycles. The molecule has 0 aromatic rings. The van der Waals surface area contributed by atoms with Crippen LogP contribution < -0.4 is 0 Å². The van der Waals surface area contributed by atoms with Crippen molar-refractivity contribution < 1.29 is 14.7 Å². The second-order valence-corrected chi connectivity index (χ2v) is 3.54. The predicted octanol–water partition coefficient (Wildman–Crippen LogP) is 0.886. The van der Waals surface area contributed by atoms with Gasteiger partial charge in [-0.3, -0.25) is 4.79 Å². The molecule has 1 aliphatic rings. The zero-order valence-corrected chi connectivity index (χ0v) is 8.27. The Hall–Kier alpha value is -1.32. The molecule has 1 rings (SSSR count). The third kappa shape index (κ3) is 3.20. The number of aliphatic carboxylic acids is 1. The Morgan fingerprint density at radius 1 is 1.36 bits per heavy atom. The number of hydrogen-bond acceptors (Lipinski definition) is 2. The number of hydrogen-bond donors (Lipinski definition) is 1. The number of carboxylic acids is 1. The van der Waals surface area contributed by atoms with Crippen molar-refractivity contribution in [1.29, 1.82) is 0 Å². The largest absolute Gasteiger partial charge is 0.478 e. The minimum Gasteiger partial charge on any atom is -0.478 e. The summed E-state index contributed by atoms with van der Waals surface area (Å²) in [5.41, 5.74) is 0. The lowest BCUT2D eigenvalue weighted by molar-refractivity contribution is -0.132. The average Bonchev–Trinajstić information content (AvgIpc) is 2.15. The first-order valence-corrected chi connectivity index (χ1v) is 4.76. The SMILES string of the molecule is CC(=O)N1CCC(/C=C/C(=O)O)CC1. The van der Waals surface area contributed by atoms with Crippen molar-refractivity contribution in [3.05, 3.63) is 12.2 Å². The molecule has 14 heavy (non-hydrogen) atoms. The number of carbonyl (C=O) groups is 2. The van der Waals surface area contributed by atoms with Gasteiger partial charge in [0.15, 0.2) is 0 Å². The van der Waals surface area contributed by atoms with Gasteiger partial charge in [0.1, 0.15) is 0 Å². The normalized spacial score (nSPS) is 18.8. The summed E-state index contributed by atoms with van der Waals surface area (Å²) in [4.78, 5) is 23.0. The van der Waals surface area contributed by atoms with Crippen molar-refractivity contribution in [3.8, 4) is 0 Å². The van der Waals surface area contributed by atoms with E-state index in [2.05, 4.69) is 0 Å². The second-order valence-electron chi connectivity index (χ2n) is 3.54. The molecule has 4 heteroatoms. The fraction of sp³-hybridized carbons (Fsp3) is 0.600. The number of carboxylic acid groups (broad SMARTS) is 1. The summed E-state index contributed by atoms with van der Waals surface area (Å²) in [5.74, 6) is -0.494. The molecule has 0 saturated carbocycles. The highest BCUT2D eigenvalue weighted by Gasteiger charge is 2.18. The van der Waals surface area contributed by atoms with E-state index in [0.717, 1.165) is 25.9 Å². The van der Waals surface area contributed by atoms with Crippen LogP contribution in [-0.4, -0.2) is 35.0 Å². The summed E-state index contributed by atoms with van der Waals surface area (Å²) < 4.78 is 0. The smallest absolute Gasteiger partial charge is 0.327 e. The molecule has 0 atom stereocenters. The Morgan fingerprint density at radius 2 is 1.93 bits per heavy atom. The molecule has 1 saturated heterocycles. The molecule has 1 aliphatic heterocycles. The lowest BCUT2D eigenvalue weighted by Gasteiger charge is -2.29. The molecular formula is C10H15NO3. The highest BCUT2D eigenvalue weighted by molar-refractivity contribution is 5.79. The monoisotopic (exact) mass is 197 g/mol. The van der Waals surface area contributed by atoms with Gasteiger partial charge in [-0.2, -0.15) is 0 Å². The van der Waals surface area contributed by atoms with Crippen LogP contribution in [0.2, 0.25) is 0 Å². The van der Waals surface area contributed by atoms with E-state index < -0.39 is 5.97 Å². The van der Waals surface area contributed by atoms with Crippen LogP contribution >= 0.6 is 0 Å². The molecule has 78 valence electrons. The van der Waals surface area contributed by atoms with E-state index in [9.17, 15) is 9.59 Å². The molecule has 1 fully saturated rings. The van der Waals surface area contributed by atoms with Gasteiger partial charge >= 0.3 is 5.97 Å². The lowest BCUT2D eigenvalue weighted by Crippen LogP contribution is -2.36. The maximum atomic E-state index is 11.0. The summed E-state index contributed by atoms with van der Waals surface area (Å²) in [6.45, 7) is 3.04. The standard InChI is InChI=1S/C10H15NO3/c1-8(12)11-6-4-9(5-7-11)2-3-10(13)14/h2-3,9H,4-7H2,1H3,(H,13,14)/b3-2+. The predicted molar refractivity (Wildman–Crippen MR) is 51.8 cm³/mol. The number of piperidine rings is 1. The van der Waals surface area contributed by atoms with Crippen LogP contribution in [0.25, 0.3) is 0 Å². The topological polar surface area (TPSA) is 57.6 Å². The third-order valence-electron chi connectivity index (χ3n) is 2.50. The molecule has 0 aromatic carbocycles. The minimum absolute atomic E-state index is 0.102. The van der Waals surface area contributed by atoms with E-state index in [1.807, 2.05) is 0 Å². The van der Waals surface area contributed by atoms with Gasteiger partial charge in [0.2, 0.25) is 5.91 Å². The van der Waals surface area contributed by atoms with Gasteiger partial charge < -0.3 is 10.0 Å². The number of allylic oxidation sites excluding steroid dienone is 1. The Kier molecular flexibility index (Phi) is 3.68. The maximum absolute atomic E-state index is 11.0. The van der Waals surface area contributed by atoms with Crippen LogP contribution in [0.5, 0.6) is 0 Å².